The molecule has 0 atom stereocenters. The Labute approximate surface area is 114 Å². The van der Waals surface area contributed by atoms with Crippen molar-refractivity contribution in [2.24, 2.45) is 0 Å². The van der Waals surface area contributed by atoms with E-state index in [1.165, 1.54) is 0 Å². The van der Waals surface area contributed by atoms with Crippen molar-refractivity contribution in [1.82, 2.24) is 5.32 Å². The molecule has 1 saturated carbocycles. The van der Waals surface area contributed by atoms with Crippen LogP contribution in [0.5, 0.6) is 0 Å². The van der Waals surface area contributed by atoms with Crippen molar-refractivity contribution in [2.45, 2.75) is 31.7 Å². The van der Waals surface area contributed by atoms with Gasteiger partial charge >= 0.3 is 0 Å². The quantitative estimate of drug-likeness (QED) is 0.677. The van der Waals surface area contributed by atoms with E-state index in [1.54, 1.807) is 0 Å². The average molecular weight is 280 g/mol. The Hall–Kier alpha value is -2.31. The molecule has 0 spiro atoms. The highest BCUT2D eigenvalue weighted by Gasteiger charge is 2.22. The second-order valence-electron chi connectivity index (χ2n) is 4.71. The number of hydrogen-bond donors (Lipinski definition) is 1. The molecule has 0 heterocycles. The number of nitrogens with one attached hydrogen (secondary N) is 1. The second kappa shape index (κ2) is 5.77. The van der Waals surface area contributed by atoms with E-state index in [0.717, 1.165) is 18.2 Å². The zero-order chi connectivity index (χ0) is 14.7. The molecule has 0 radical (unpaired) electrons. The van der Waals surface area contributed by atoms with E-state index in [1.807, 2.05) is 0 Å². The standard InChI is InChI=1S/C13H13FN2O4/c14-12-7-9(16(19)20)3-6-11(12)13(18)15-8-1-4-10(17)5-2-8/h3,6-8H,1-2,4-5H2,(H,15,18). The fourth-order valence-corrected chi connectivity index (χ4v) is 2.15. The third-order valence-electron chi connectivity index (χ3n) is 3.29. The average Bonchev–Trinajstić information content (AvgIpc) is 2.41. The number of non-ortho nitro benzene ring substituents is 1. The van der Waals surface area contributed by atoms with Crippen LogP contribution in [-0.2, 0) is 4.79 Å². The summed E-state index contributed by atoms with van der Waals surface area (Å²) in [7, 11) is 0. The van der Waals surface area contributed by atoms with Crippen LogP contribution in [0.4, 0.5) is 10.1 Å². The lowest BCUT2D eigenvalue weighted by Gasteiger charge is -2.22. The van der Waals surface area contributed by atoms with Gasteiger partial charge in [-0.25, -0.2) is 4.39 Å². The van der Waals surface area contributed by atoms with Gasteiger partial charge < -0.3 is 5.32 Å². The molecule has 6 nitrogen and oxygen atoms in total. The van der Waals surface area contributed by atoms with E-state index < -0.39 is 22.3 Å². The van der Waals surface area contributed by atoms with Gasteiger partial charge in [-0.1, -0.05) is 0 Å². The molecule has 7 heteroatoms. The Balaban J connectivity index is 2.06. The SMILES string of the molecule is O=C1CCC(NC(=O)c2ccc([N+](=O)[O-])cc2F)CC1. The third kappa shape index (κ3) is 3.17. The summed E-state index contributed by atoms with van der Waals surface area (Å²) in [6.45, 7) is 0. The first-order valence-electron chi connectivity index (χ1n) is 6.24. The van der Waals surface area contributed by atoms with E-state index in [4.69, 9.17) is 0 Å². The van der Waals surface area contributed by atoms with Crippen LogP contribution in [0, 0.1) is 15.9 Å². The first-order chi connectivity index (χ1) is 9.47. The van der Waals surface area contributed by atoms with E-state index in [2.05, 4.69) is 5.32 Å². The number of nitrogens with zero attached hydrogens (tertiary/aromatic N) is 1. The molecule has 1 aliphatic rings. The number of carbonyl (C=O) groups excluding carboxylic acids is 2. The Bertz CT molecular complexity index is 563. The largest absolute Gasteiger partial charge is 0.349 e. The minimum atomic E-state index is -0.927. The normalized spacial score (nSPS) is 15.9. The van der Waals surface area contributed by atoms with Gasteiger partial charge in [0.25, 0.3) is 11.6 Å². The van der Waals surface area contributed by atoms with Crippen molar-refractivity contribution in [3.05, 3.63) is 39.7 Å². The summed E-state index contributed by atoms with van der Waals surface area (Å²) in [6.07, 6.45) is 1.90. The number of nitro groups is 1. The molecule has 1 aliphatic carbocycles. The highest BCUT2D eigenvalue weighted by Crippen LogP contribution is 2.18. The smallest absolute Gasteiger partial charge is 0.272 e. The van der Waals surface area contributed by atoms with E-state index in [0.29, 0.717) is 25.7 Å². The summed E-state index contributed by atoms with van der Waals surface area (Å²) in [5.74, 6) is -1.38. The Morgan fingerprint density at radius 2 is 2.00 bits per heavy atom. The summed E-state index contributed by atoms with van der Waals surface area (Å²) in [5, 5.41) is 13.1. The minimum absolute atomic E-state index is 0.158. The highest BCUT2D eigenvalue weighted by atomic mass is 19.1. The van der Waals surface area contributed by atoms with Crippen molar-refractivity contribution in [3.8, 4) is 0 Å². The first kappa shape index (κ1) is 14.1. The van der Waals surface area contributed by atoms with Crippen LogP contribution in [0.25, 0.3) is 0 Å². The van der Waals surface area contributed by atoms with E-state index in [-0.39, 0.29) is 17.4 Å². The number of hydrogen-bond acceptors (Lipinski definition) is 4. The lowest BCUT2D eigenvalue weighted by molar-refractivity contribution is -0.385. The number of benzene rings is 1. The van der Waals surface area contributed by atoms with Crippen molar-refractivity contribution in [1.29, 1.82) is 0 Å². The number of halogens is 1. The first-order valence-corrected chi connectivity index (χ1v) is 6.24. The fraction of sp³-hybridized carbons (Fsp3) is 0.385. The molecular formula is C13H13FN2O4. The molecule has 0 bridgehead atoms. The fourth-order valence-electron chi connectivity index (χ4n) is 2.15. The van der Waals surface area contributed by atoms with Crippen LogP contribution in [-0.4, -0.2) is 22.7 Å². The van der Waals surface area contributed by atoms with Gasteiger partial charge in [-0.05, 0) is 18.9 Å². The maximum Gasteiger partial charge on any atom is 0.272 e. The molecule has 1 aromatic rings. The number of ketones is 1. The molecule has 0 saturated heterocycles. The maximum absolute atomic E-state index is 13.7. The summed E-state index contributed by atoms with van der Waals surface area (Å²) in [4.78, 5) is 32.7. The van der Waals surface area contributed by atoms with E-state index >= 15 is 0 Å². The van der Waals surface area contributed by atoms with Gasteiger partial charge in [-0.15, -0.1) is 0 Å². The molecule has 2 rings (SSSR count). The number of carbonyl (C=O) groups is 2. The van der Waals surface area contributed by atoms with Crippen LogP contribution < -0.4 is 5.32 Å². The van der Waals surface area contributed by atoms with Gasteiger partial charge in [0.05, 0.1) is 16.6 Å². The molecule has 1 fully saturated rings. The van der Waals surface area contributed by atoms with Crippen molar-refractivity contribution in [2.75, 3.05) is 0 Å². The number of rotatable bonds is 3. The molecule has 0 unspecified atom stereocenters. The summed E-state index contributed by atoms with van der Waals surface area (Å²) in [6, 6.07) is 2.74. The zero-order valence-corrected chi connectivity index (χ0v) is 10.6. The zero-order valence-electron chi connectivity index (χ0n) is 10.6. The molecular weight excluding hydrogens is 267 g/mol. The third-order valence-corrected chi connectivity index (χ3v) is 3.29. The topological polar surface area (TPSA) is 89.3 Å². The molecule has 106 valence electrons. The summed E-state index contributed by atoms with van der Waals surface area (Å²) < 4.78 is 13.7. The van der Waals surface area contributed by atoms with Gasteiger partial charge in [-0.2, -0.15) is 0 Å². The van der Waals surface area contributed by atoms with Crippen LogP contribution in [0.15, 0.2) is 18.2 Å². The van der Waals surface area contributed by atoms with Gasteiger partial charge in [0, 0.05) is 24.9 Å². The lowest BCUT2D eigenvalue weighted by Crippen LogP contribution is -2.38. The summed E-state index contributed by atoms with van der Waals surface area (Å²) >= 11 is 0. The molecule has 0 aromatic heterocycles. The van der Waals surface area contributed by atoms with Crippen molar-refractivity contribution in [3.63, 3.8) is 0 Å². The van der Waals surface area contributed by atoms with Crippen LogP contribution in [0.2, 0.25) is 0 Å². The Morgan fingerprint density at radius 1 is 1.35 bits per heavy atom. The lowest BCUT2D eigenvalue weighted by atomic mass is 9.94. The van der Waals surface area contributed by atoms with E-state index in [9.17, 15) is 24.1 Å². The highest BCUT2D eigenvalue weighted by molar-refractivity contribution is 5.95. The monoisotopic (exact) mass is 280 g/mol. The van der Waals surface area contributed by atoms with Gasteiger partial charge in [0.15, 0.2) is 0 Å². The number of nitro benzene ring substituents is 1. The summed E-state index contributed by atoms with van der Waals surface area (Å²) in [5.41, 5.74) is -0.630. The van der Waals surface area contributed by atoms with Gasteiger partial charge in [-0.3, -0.25) is 19.7 Å². The Morgan fingerprint density at radius 3 is 2.55 bits per heavy atom. The van der Waals surface area contributed by atoms with Crippen LogP contribution in [0.1, 0.15) is 36.0 Å². The molecule has 1 aromatic carbocycles. The second-order valence-corrected chi connectivity index (χ2v) is 4.71. The Kier molecular flexibility index (Phi) is 4.07. The van der Waals surface area contributed by atoms with Gasteiger partial charge in [0.1, 0.15) is 11.6 Å². The van der Waals surface area contributed by atoms with Gasteiger partial charge in [0.2, 0.25) is 0 Å². The van der Waals surface area contributed by atoms with Crippen molar-refractivity contribution >= 4 is 17.4 Å². The van der Waals surface area contributed by atoms with Crippen LogP contribution in [0.3, 0.4) is 0 Å². The molecule has 20 heavy (non-hydrogen) atoms. The number of amides is 1. The molecule has 1 N–H and O–H groups in total. The predicted molar refractivity (Wildman–Crippen MR) is 67.8 cm³/mol. The predicted octanol–water partition coefficient (Wildman–Crippen LogP) is 1.98. The number of Topliss-reactive ketones (excluding diaryl/α,β-unsaturated/α-hetero) is 1. The van der Waals surface area contributed by atoms with Crippen LogP contribution >= 0.6 is 0 Å². The maximum atomic E-state index is 13.7. The van der Waals surface area contributed by atoms with Crippen molar-refractivity contribution < 1.29 is 18.9 Å². The molecule has 1 amide bonds. The minimum Gasteiger partial charge on any atom is -0.349 e. The molecule has 0 aliphatic heterocycles.